The standard InChI is InChI=1S/C25H33N7O2/c1-4-6-10-25(29-30-25)11-9-22(33)32(16-17-12-18-7-8-19(18)13-17)23(24(34)27-5-2)20-15-28-21(14-26)31(20)3/h1,15,17-19,23H,5-13,16H2,2-3H3,(H,27,34)/t17?,18-,19+,23?. The first-order valence-electron chi connectivity index (χ1n) is 12.3. The lowest BCUT2D eigenvalue weighted by molar-refractivity contribution is -0.142. The first-order chi connectivity index (χ1) is 16.4. The van der Waals surface area contributed by atoms with Crippen LogP contribution in [0.2, 0.25) is 0 Å². The summed E-state index contributed by atoms with van der Waals surface area (Å²) in [6, 6.07) is 1.20. The second-order valence-corrected chi connectivity index (χ2v) is 9.84. The van der Waals surface area contributed by atoms with Gasteiger partial charge >= 0.3 is 0 Å². The number of nitriles is 1. The molecule has 2 aliphatic carbocycles. The van der Waals surface area contributed by atoms with Gasteiger partial charge in [-0.05, 0) is 50.4 Å². The largest absolute Gasteiger partial charge is 0.354 e. The molecule has 2 heterocycles. The molecule has 2 amide bonds. The first kappa shape index (κ1) is 23.9. The SMILES string of the molecule is C#CCCC1(CCC(=O)N(CC2C[C@H]3CC[C@H]3C2)C(C(=O)NCC)c2cnc(C#N)n2C)N=N1. The quantitative estimate of drug-likeness (QED) is 0.508. The van der Waals surface area contributed by atoms with Gasteiger partial charge in [0.25, 0.3) is 0 Å². The fourth-order valence-corrected chi connectivity index (χ4v) is 5.60. The van der Waals surface area contributed by atoms with Gasteiger partial charge in [-0.1, -0.05) is 0 Å². The van der Waals surface area contributed by atoms with Crippen LogP contribution in [-0.4, -0.2) is 45.0 Å². The molecule has 34 heavy (non-hydrogen) atoms. The summed E-state index contributed by atoms with van der Waals surface area (Å²) in [5, 5.41) is 20.6. The Bertz CT molecular complexity index is 1030. The number of nitrogens with zero attached hydrogens (tertiary/aromatic N) is 6. The zero-order chi connectivity index (χ0) is 24.3. The average molecular weight is 464 g/mol. The summed E-state index contributed by atoms with van der Waals surface area (Å²) >= 11 is 0. The fraction of sp³-hybridized carbons (Fsp3) is 0.680. The van der Waals surface area contributed by atoms with Gasteiger partial charge in [-0.15, -0.1) is 12.3 Å². The van der Waals surface area contributed by atoms with Gasteiger partial charge in [-0.25, -0.2) is 4.98 Å². The van der Waals surface area contributed by atoms with Crippen molar-refractivity contribution >= 4 is 11.8 Å². The predicted octanol–water partition coefficient (Wildman–Crippen LogP) is 3.09. The summed E-state index contributed by atoms with van der Waals surface area (Å²) < 4.78 is 1.61. The molecule has 9 nitrogen and oxygen atoms in total. The highest BCUT2D eigenvalue weighted by atomic mass is 16.2. The van der Waals surface area contributed by atoms with Crippen molar-refractivity contribution in [3.63, 3.8) is 0 Å². The topological polar surface area (TPSA) is 116 Å². The van der Waals surface area contributed by atoms with Crippen molar-refractivity contribution in [3.8, 4) is 18.4 Å². The van der Waals surface area contributed by atoms with Crippen LogP contribution in [-0.2, 0) is 16.6 Å². The number of rotatable bonds is 11. The number of amides is 2. The molecule has 9 heteroatoms. The van der Waals surface area contributed by atoms with Gasteiger partial charge in [0.2, 0.25) is 17.6 Å². The second kappa shape index (κ2) is 9.97. The van der Waals surface area contributed by atoms with Gasteiger partial charge in [0.1, 0.15) is 6.07 Å². The van der Waals surface area contributed by atoms with E-state index in [-0.39, 0.29) is 24.1 Å². The number of carbonyl (C=O) groups excluding carboxylic acids is 2. The molecule has 180 valence electrons. The van der Waals surface area contributed by atoms with Crippen molar-refractivity contribution in [1.82, 2.24) is 19.8 Å². The number of imidazole rings is 1. The van der Waals surface area contributed by atoms with E-state index in [1.54, 1.807) is 16.5 Å². The molecule has 0 saturated heterocycles. The van der Waals surface area contributed by atoms with Crippen LogP contribution >= 0.6 is 0 Å². The molecule has 0 aromatic carbocycles. The zero-order valence-electron chi connectivity index (χ0n) is 20.0. The van der Waals surface area contributed by atoms with Crippen molar-refractivity contribution < 1.29 is 9.59 Å². The van der Waals surface area contributed by atoms with Crippen molar-refractivity contribution in [2.45, 2.75) is 70.0 Å². The Morgan fingerprint density at radius 1 is 1.32 bits per heavy atom. The molecule has 3 aliphatic rings. The maximum atomic E-state index is 13.7. The third-order valence-electron chi connectivity index (χ3n) is 7.73. The van der Waals surface area contributed by atoms with Crippen LogP contribution in [0, 0.1) is 41.4 Å². The van der Waals surface area contributed by atoms with Gasteiger partial charge in [-0.2, -0.15) is 15.5 Å². The summed E-state index contributed by atoms with van der Waals surface area (Å²) in [6.45, 7) is 2.82. The van der Waals surface area contributed by atoms with E-state index in [1.165, 1.54) is 19.0 Å². The van der Waals surface area contributed by atoms with E-state index < -0.39 is 11.7 Å². The number of terminal acetylenes is 1. The van der Waals surface area contributed by atoms with E-state index in [4.69, 9.17) is 6.42 Å². The van der Waals surface area contributed by atoms with Gasteiger partial charge < -0.3 is 14.8 Å². The van der Waals surface area contributed by atoms with Crippen molar-refractivity contribution in [3.05, 3.63) is 17.7 Å². The molecular weight excluding hydrogens is 430 g/mol. The molecule has 2 fully saturated rings. The summed E-state index contributed by atoms with van der Waals surface area (Å²) in [5.41, 5.74) is -0.0124. The van der Waals surface area contributed by atoms with Crippen LogP contribution in [0.4, 0.5) is 0 Å². The minimum absolute atomic E-state index is 0.104. The second-order valence-electron chi connectivity index (χ2n) is 9.84. The lowest BCUT2D eigenvalue weighted by Gasteiger charge is -2.33. The first-order valence-corrected chi connectivity index (χ1v) is 12.3. The Balaban J connectivity index is 1.59. The van der Waals surface area contributed by atoms with Gasteiger partial charge in [0, 0.05) is 45.8 Å². The van der Waals surface area contributed by atoms with Crippen LogP contribution in [0.1, 0.15) is 75.9 Å². The Morgan fingerprint density at radius 2 is 2.03 bits per heavy atom. The fourth-order valence-electron chi connectivity index (χ4n) is 5.60. The van der Waals surface area contributed by atoms with Crippen LogP contribution in [0.3, 0.4) is 0 Å². The summed E-state index contributed by atoms with van der Waals surface area (Å²) in [6.07, 6.45) is 13.6. The van der Waals surface area contributed by atoms with Crippen molar-refractivity contribution in [2.75, 3.05) is 13.1 Å². The third-order valence-corrected chi connectivity index (χ3v) is 7.73. The van der Waals surface area contributed by atoms with E-state index in [9.17, 15) is 14.9 Å². The molecule has 0 bridgehead atoms. The van der Waals surface area contributed by atoms with E-state index in [1.807, 2.05) is 6.92 Å². The minimum atomic E-state index is -0.847. The average Bonchev–Trinajstić information content (AvgIpc) is 3.42. The monoisotopic (exact) mass is 463 g/mol. The molecule has 1 aromatic rings. The number of fused-ring (bicyclic) bond motifs is 1. The summed E-state index contributed by atoms with van der Waals surface area (Å²) in [5.74, 6) is 4.34. The highest BCUT2D eigenvalue weighted by Crippen LogP contribution is 2.50. The van der Waals surface area contributed by atoms with Gasteiger partial charge in [0.15, 0.2) is 11.7 Å². The third kappa shape index (κ3) is 4.84. The highest BCUT2D eigenvalue weighted by Gasteiger charge is 2.44. The molecule has 1 aliphatic heterocycles. The Morgan fingerprint density at radius 3 is 2.56 bits per heavy atom. The molecule has 4 atom stereocenters. The molecule has 2 saturated carbocycles. The lowest BCUT2D eigenvalue weighted by Crippen LogP contribution is -2.46. The van der Waals surface area contributed by atoms with Gasteiger partial charge in [0.05, 0.1) is 11.9 Å². The Kier molecular flexibility index (Phi) is 7.02. The van der Waals surface area contributed by atoms with Crippen LogP contribution in [0.25, 0.3) is 0 Å². The van der Waals surface area contributed by atoms with E-state index in [0.717, 1.165) is 24.7 Å². The van der Waals surface area contributed by atoms with Gasteiger partial charge in [-0.3, -0.25) is 9.59 Å². The number of aromatic nitrogens is 2. The molecule has 1 aromatic heterocycles. The number of likely N-dealkylation sites (N-methyl/N-ethyl adjacent to an activating group) is 1. The molecule has 0 radical (unpaired) electrons. The molecule has 4 rings (SSSR count). The van der Waals surface area contributed by atoms with Crippen molar-refractivity contribution in [2.24, 2.45) is 35.0 Å². The number of hydrogen-bond donors (Lipinski definition) is 1. The molecule has 0 spiro atoms. The van der Waals surface area contributed by atoms with E-state index in [2.05, 4.69) is 32.5 Å². The van der Waals surface area contributed by atoms with Crippen molar-refractivity contribution in [1.29, 1.82) is 5.26 Å². The molecule has 1 N–H and O–H groups in total. The van der Waals surface area contributed by atoms with Crippen LogP contribution in [0.15, 0.2) is 16.4 Å². The number of carbonyl (C=O) groups is 2. The number of nitrogens with one attached hydrogen (secondary N) is 1. The maximum Gasteiger partial charge on any atom is 0.249 e. The number of hydrogen-bond acceptors (Lipinski definition) is 6. The molecule has 2 unspecified atom stereocenters. The smallest absolute Gasteiger partial charge is 0.249 e. The summed E-state index contributed by atoms with van der Waals surface area (Å²) in [4.78, 5) is 32.9. The zero-order valence-corrected chi connectivity index (χ0v) is 20.0. The summed E-state index contributed by atoms with van der Waals surface area (Å²) in [7, 11) is 1.71. The minimum Gasteiger partial charge on any atom is -0.354 e. The lowest BCUT2D eigenvalue weighted by atomic mass is 9.77. The van der Waals surface area contributed by atoms with Crippen LogP contribution < -0.4 is 5.32 Å². The van der Waals surface area contributed by atoms with E-state index >= 15 is 0 Å². The Hall–Kier alpha value is -3.20. The predicted molar refractivity (Wildman–Crippen MR) is 125 cm³/mol. The van der Waals surface area contributed by atoms with Crippen LogP contribution in [0.5, 0.6) is 0 Å². The van der Waals surface area contributed by atoms with E-state index in [0.29, 0.717) is 44.0 Å². The molecular formula is C25H33N7O2. The normalized spacial score (nSPS) is 24.3. The maximum absolute atomic E-state index is 13.7. The Labute approximate surface area is 201 Å². The highest BCUT2D eigenvalue weighted by molar-refractivity contribution is 5.88.